The number of nitrogens with one attached hydrogen (secondary N) is 2. The fourth-order valence-corrected chi connectivity index (χ4v) is 6.93. The SMILES string of the molecule is CSCCN1CCC(N2Cc3cc4c(cc3C2=O)CC(c2c(NC[C@@H](O)COc3ccc(C)cc3C)cc[nH]c2=O)=N4)CC1. The predicted octanol–water partition coefficient (Wildman–Crippen LogP) is 4.30. The number of amides is 1. The summed E-state index contributed by atoms with van der Waals surface area (Å²) in [6, 6.07) is 12.0. The van der Waals surface area contributed by atoms with Crippen LogP contribution in [0.3, 0.4) is 0 Å². The van der Waals surface area contributed by atoms with E-state index in [4.69, 9.17) is 9.73 Å². The zero-order valence-electron chi connectivity index (χ0n) is 25.7. The standard InChI is InChI=1S/C34H41N5O4S/c1-21-4-5-31(22(2)14-21)43-20-26(40)18-36-28-6-9-35-33(41)32(28)30-16-23-15-27-24(17-29(23)37-30)19-39(34(27)42)25-7-10-38(11-8-25)12-13-44-3/h4-6,9,14-15,17,25-26,40H,7-8,10-13,16,18-20H2,1-3H3,(H2,35,36,41)/t26-/m1/s1. The molecule has 6 rings (SSSR count). The van der Waals surface area contributed by atoms with Crippen LogP contribution in [0.1, 0.15) is 51.0 Å². The van der Waals surface area contributed by atoms with Gasteiger partial charge in [-0.25, -0.2) is 0 Å². The van der Waals surface area contributed by atoms with E-state index in [-0.39, 0.29) is 30.7 Å². The number of fused-ring (bicyclic) bond motifs is 2. The number of piperidine rings is 1. The van der Waals surface area contributed by atoms with Crippen molar-refractivity contribution in [3.8, 4) is 5.75 Å². The van der Waals surface area contributed by atoms with E-state index in [2.05, 4.69) is 26.4 Å². The number of rotatable bonds is 11. The number of aliphatic hydroxyl groups excluding tert-OH is 1. The lowest BCUT2D eigenvalue weighted by Crippen LogP contribution is -2.45. The van der Waals surface area contributed by atoms with E-state index in [1.165, 1.54) is 0 Å². The highest BCUT2D eigenvalue weighted by atomic mass is 32.2. The van der Waals surface area contributed by atoms with Crippen LogP contribution in [-0.4, -0.2) is 88.4 Å². The molecule has 1 fully saturated rings. The van der Waals surface area contributed by atoms with Crippen molar-refractivity contribution in [1.29, 1.82) is 0 Å². The molecule has 9 nitrogen and oxygen atoms in total. The predicted molar refractivity (Wildman–Crippen MR) is 177 cm³/mol. The highest BCUT2D eigenvalue weighted by Crippen LogP contribution is 2.37. The van der Waals surface area contributed by atoms with Gasteiger partial charge in [-0.1, -0.05) is 17.7 Å². The Bertz CT molecular complexity index is 1630. The summed E-state index contributed by atoms with van der Waals surface area (Å²) in [6.45, 7) is 8.13. The number of aromatic amines is 1. The number of H-pyrrole nitrogens is 1. The maximum absolute atomic E-state index is 13.5. The zero-order valence-corrected chi connectivity index (χ0v) is 26.5. The number of anilines is 1. The lowest BCUT2D eigenvalue weighted by atomic mass is 10.00. The van der Waals surface area contributed by atoms with Crippen LogP contribution in [0.2, 0.25) is 0 Å². The Kier molecular flexibility index (Phi) is 9.11. The number of hydrogen-bond donors (Lipinski definition) is 3. The number of aliphatic hydroxyl groups is 1. The second-order valence-corrected chi connectivity index (χ2v) is 13.1. The maximum Gasteiger partial charge on any atom is 0.259 e. The second kappa shape index (κ2) is 13.2. The first kappa shape index (κ1) is 30.4. The summed E-state index contributed by atoms with van der Waals surface area (Å²) in [4.78, 5) is 38.7. The monoisotopic (exact) mass is 615 g/mol. The first-order valence-electron chi connectivity index (χ1n) is 15.4. The molecule has 0 spiro atoms. The van der Waals surface area contributed by atoms with E-state index in [9.17, 15) is 14.7 Å². The average molecular weight is 616 g/mol. The van der Waals surface area contributed by atoms with E-state index in [1.54, 1.807) is 12.3 Å². The summed E-state index contributed by atoms with van der Waals surface area (Å²) in [5.74, 6) is 1.99. The highest BCUT2D eigenvalue weighted by molar-refractivity contribution is 7.98. The van der Waals surface area contributed by atoms with Crippen molar-refractivity contribution in [3.05, 3.63) is 86.3 Å². The molecule has 3 aromatic rings. The van der Waals surface area contributed by atoms with Crippen LogP contribution in [0.15, 0.2) is 52.4 Å². The van der Waals surface area contributed by atoms with Crippen LogP contribution in [-0.2, 0) is 13.0 Å². The lowest BCUT2D eigenvalue weighted by Gasteiger charge is -2.36. The maximum atomic E-state index is 13.5. The number of likely N-dealkylation sites (tertiary alicyclic amines) is 1. The Hall–Kier alpha value is -3.60. The first-order valence-corrected chi connectivity index (χ1v) is 16.8. The third-order valence-electron chi connectivity index (χ3n) is 8.90. The van der Waals surface area contributed by atoms with Crippen LogP contribution < -0.4 is 15.6 Å². The molecule has 0 unspecified atom stereocenters. The van der Waals surface area contributed by atoms with Crippen LogP contribution in [0.4, 0.5) is 11.4 Å². The third kappa shape index (κ3) is 6.43. The zero-order chi connectivity index (χ0) is 30.8. The Labute approximate surface area is 262 Å². The Morgan fingerprint density at radius 1 is 1.14 bits per heavy atom. The van der Waals surface area contributed by atoms with Gasteiger partial charge in [0.15, 0.2) is 0 Å². The molecule has 3 aliphatic heterocycles. The Morgan fingerprint density at radius 2 is 1.95 bits per heavy atom. The van der Waals surface area contributed by atoms with Gasteiger partial charge in [0.1, 0.15) is 18.5 Å². The number of aryl methyl sites for hydroxylation is 2. The van der Waals surface area contributed by atoms with Crippen LogP contribution in [0, 0.1) is 13.8 Å². The van der Waals surface area contributed by atoms with Gasteiger partial charge in [-0.05, 0) is 73.9 Å². The van der Waals surface area contributed by atoms with Crippen LogP contribution >= 0.6 is 11.8 Å². The number of thioether (sulfide) groups is 1. The smallest absolute Gasteiger partial charge is 0.259 e. The molecule has 2 aromatic carbocycles. The van der Waals surface area contributed by atoms with Gasteiger partial charge < -0.3 is 29.9 Å². The summed E-state index contributed by atoms with van der Waals surface area (Å²) in [5, 5.41) is 13.9. The number of hydrogen-bond acceptors (Lipinski definition) is 8. The molecule has 0 aliphatic carbocycles. The fourth-order valence-electron chi connectivity index (χ4n) is 6.49. The topological polar surface area (TPSA) is 110 Å². The number of pyridine rings is 1. The molecule has 1 saturated heterocycles. The molecule has 3 aliphatic rings. The summed E-state index contributed by atoms with van der Waals surface area (Å²) < 4.78 is 5.83. The average Bonchev–Trinajstić information content (AvgIpc) is 3.57. The number of carbonyl (C=O) groups excluding carboxylic acids is 1. The molecule has 0 bridgehead atoms. The number of carbonyl (C=O) groups is 1. The second-order valence-electron chi connectivity index (χ2n) is 12.1. The summed E-state index contributed by atoms with van der Waals surface area (Å²) in [5.41, 5.74) is 7.17. The van der Waals surface area contributed by atoms with E-state index in [1.807, 2.05) is 55.9 Å². The minimum atomic E-state index is -0.787. The van der Waals surface area contributed by atoms with Gasteiger partial charge in [-0.2, -0.15) is 11.8 Å². The first-order chi connectivity index (χ1) is 21.3. The van der Waals surface area contributed by atoms with Crippen LogP contribution in [0.5, 0.6) is 5.75 Å². The van der Waals surface area contributed by atoms with Crippen molar-refractivity contribution in [2.75, 3.05) is 50.1 Å². The molecule has 232 valence electrons. The lowest BCUT2D eigenvalue weighted by molar-refractivity contribution is 0.0603. The summed E-state index contributed by atoms with van der Waals surface area (Å²) in [6.07, 6.45) is 5.42. The summed E-state index contributed by atoms with van der Waals surface area (Å²) in [7, 11) is 0. The number of aliphatic imine (C=N–C) groups is 1. The number of nitrogens with zero attached hydrogens (tertiary/aromatic N) is 3. The largest absolute Gasteiger partial charge is 0.491 e. The van der Waals surface area contributed by atoms with E-state index >= 15 is 0 Å². The van der Waals surface area contributed by atoms with Crippen molar-refractivity contribution in [3.63, 3.8) is 0 Å². The van der Waals surface area contributed by atoms with Crippen molar-refractivity contribution in [1.82, 2.24) is 14.8 Å². The van der Waals surface area contributed by atoms with Crippen molar-refractivity contribution in [2.45, 2.75) is 51.8 Å². The molecule has 0 radical (unpaired) electrons. The third-order valence-corrected chi connectivity index (χ3v) is 9.49. The molecular formula is C34H41N5O4S. The summed E-state index contributed by atoms with van der Waals surface area (Å²) >= 11 is 1.87. The van der Waals surface area contributed by atoms with Gasteiger partial charge >= 0.3 is 0 Å². The quantitative estimate of drug-likeness (QED) is 0.295. The minimum absolute atomic E-state index is 0.107. The van der Waals surface area contributed by atoms with Gasteiger partial charge in [0.25, 0.3) is 11.5 Å². The molecular weight excluding hydrogens is 574 g/mol. The molecule has 4 heterocycles. The minimum Gasteiger partial charge on any atom is -0.491 e. The molecule has 44 heavy (non-hydrogen) atoms. The van der Waals surface area contributed by atoms with E-state index in [0.29, 0.717) is 29.9 Å². The Balaban J connectivity index is 1.11. The Morgan fingerprint density at radius 3 is 2.73 bits per heavy atom. The molecule has 0 saturated carbocycles. The van der Waals surface area contributed by atoms with Gasteiger partial charge in [-0.3, -0.25) is 14.6 Å². The number of aromatic nitrogens is 1. The van der Waals surface area contributed by atoms with Crippen molar-refractivity contribution in [2.24, 2.45) is 4.99 Å². The van der Waals surface area contributed by atoms with Crippen LogP contribution in [0.25, 0.3) is 0 Å². The van der Waals surface area contributed by atoms with E-state index in [0.717, 1.165) is 77.5 Å². The van der Waals surface area contributed by atoms with Gasteiger partial charge in [0.05, 0.1) is 22.6 Å². The molecule has 1 aromatic heterocycles. The van der Waals surface area contributed by atoms with Crippen molar-refractivity contribution < 1.29 is 14.6 Å². The normalized spacial score (nSPS) is 17.4. The number of ether oxygens (including phenoxy) is 1. The number of benzene rings is 2. The molecule has 10 heteroatoms. The van der Waals surface area contributed by atoms with E-state index < -0.39 is 6.10 Å². The van der Waals surface area contributed by atoms with Gasteiger partial charge in [-0.15, -0.1) is 0 Å². The molecule has 3 N–H and O–H groups in total. The van der Waals surface area contributed by atoms with Crippen molar-refractivity contribution >= 4 is 34.8 Å². The van der Waals surface area contributed by atoms with Gasteiger partial charge in [0, 0.05) is 62.7 Å². The highest BCUT2D eigenvalue weighted by Gasteiger charge is 2.36. The van der Waals surface area contributed by atoms with Gasteiger partial charge in [0.2, 0.25) is 0 Å². The fraction of sp³-hybridized carbons (Fsp3) is 0.441. The molecule has 1 atom stereocenters. The molecule has 1 amide bonds.